The number of nitrogens with one attached hydrogen (secondary N) is 1. The number of hydrogen-bond donors (Lipinski definition) is 1. The van der Waals surface area contributed by atoms with Gasteiger partial charge in [0.2, 0.25) is 10.0 Å². The number of benzene rings is 2. The Morgan fingerprint density at radius 1 is 1.00 bits per heavy atom. The number of carbonyl (C=O) groups is 2. The van der Waals surface area contributed by atoms with Crippen LogP contribution in [0.2, 0.25) is 0 Å². The van der Waals surface area contributed by atoms with E-state index in [9.17, 15) is 18.0 Å². The van der Waals surface area contributed by atoms with Crippen LogP contribution in [0.1, 0.15) is 46.9 Å². The fourth-order valence-corrected chi connectivity index (χ4v) is 4.98. The van der Waals surface area contributed by atoms with E-state index in [2.05, 4.69) is 5.32 Å². The summed E-state index contributed by atoms with van der Waals surface area (Å²) in [5.41, 5.74) is 1.12. The fraction of sp³-hybridized carbons (Fsp3) is 0.333. The quantitative estimate of drug-likeness (QED) is 0.729. The molecule has 0 bridgehead atoms. The normalized spacial score (nSPS) is 15.0. The number of methoxy groups -OCH3 is 1. The second-order valence-corrected chi connectivity index (χ2v) is 8.83. The molecule has 154 valence electrons. The maximum atomic E-state index is 13.1. The molecule has 0 spiro atoms. The zero-order valence-electron chi connectivity index (χ0n) is 16.5. The number of ketones is 1. The number of anilines is 1. The summed E-state index contributed by atoms with van der Waals surface area (Å²) >= 11 is 0. The molecular weight excluding hydrogens is 392 g/mol. The molecule has 1 amide bonds. The number of nitrogens with zero attached hydrogens (tertiary/aromatic N) is 1. The molecule has 2 aromatic rings. The summed E-state index contributed by atoms with van der Waals surface area (Å²) in [6, 6.07) is 10.9. The van der Waals surface area contributed by atoms with Crippen LogP contribution in [0.15, 0.2) is 47.4 Å². The summed E-state index contributed by atoms with van der Waals surface area (Å²) in [6.07, 6.45) is 2.63. The second kappa shape index (κ2) is 8.75. The van der Waals surface area contributed by atoms with Crippen LogP contribution in [0.5, 0.6) is 5.75 Å². The van der Waals surface area contributed by atoms with Crippen LogP contribution in [-0.4, -0.2) is 44.6 Å². The highest BCUT2D eigenvalue weighted by molar-refractivity contribution is 7.89. The van der Waals surface area contributed by atoms with Gasteiger partial charge in [0, 0.05) is 29.9 Å². The molecule has 1 aliphatic heterocycles. The van der Waals surface area contributed by atoms with E-state index >= 15 is 0 Å². The first-order valence-corrected chi connectivity index (χ1v) is 10.9. The van der Waals surface area contributed by atoms with Crippen molar-refractivity contribution in [1.29, 1.82) is 0 Å². The van der Waals surface area contributed by atoms with E-state index < -0.39 is 15.9 Å². The monoisotopic (exact) mass is 416 g/mol. The molecule has 3 rings (SSSR count). The van der Waals surface area contributed by atoms with Crippen LogP contribution < -0.4 is 10.1 Å². The van der Waals surface area contributed by atoms with Gasteiger partial charge in [0.25, 0.3) is 5.91 Å². The molecule has 0 aliphatic carbocycles. The van der Waals surface area contributed by atoms with Crippen molar-refractivity contribution in [3.63, 3.8) is 0 Å². The molecule has 8 heteroatoms. The number of carbonyl (C=O) groups excluding carboxylic acids is 2. The molecule has 0 unspecified atom stereocenters. The van der Waals surface area contributed by atoms with Crippen molar-refractivity contribution in [1.82, 2.24) is 4.31 Å². The van der Waals surface area contributed by atoms with Crippen LogP contribution >= 0.6 is 0 Å². The van der Waals surface area contributed by atoms with E-state index in [1.165, 1.54) is 36.5 Å². The summed E-state index contributed by atoms with van der Waals surface area (Å²) < 4.78 is 32.9. The van der Waals surface area contributed by atoms with Crippen molar-refractivity contribution in [3.8, 4) is 5.75 Å². The Balaban J connectivity index is 1.91. The highest BCUT2D eigenvalue weighted by Gasteiger charge is 2.29. The van der Waals surface area contributed by atoms with Crippen LogP contribution in [0.4, 0.5) is 5.69 Å². The lowest BCUT2D eigenvalue weighted by molar-refractivity contribution is 0.101. The summed E-state index contributed by atoms with van der Waals surface area (Å²) in [6.45, 7) is 2.36. The van der Waals surface area contributed by atoms with Gasteiger partial charge in [-0.2, -0.15) is 4.31 Å². The van der Waals surface area contributed by atoms with Crippen molar-refractivity contribution in [2.45, 2.75) is 31.1 Å². The standard InChI is InChI=1S/C21H24N2O5S/c1-15(24)16-7-6-8-18(13-16)22-21(25)17-9-10-19(28-2)20(14-17)29(26,27)23-11-4-3-5-12-23/h6-10,13-14H,3-5,11-12H2,1-2H3,(H,22,25). The van der Waals surface area contributed by atoms with E-state index in [0.717, 1.165) is 19.3 Å². The Morgan fingerprint density at radius 3 is 2.38 bits per heavy atom. The van der Waals surface area contributed by atoms with E-state index in [4.69, 9.17) is 4.74 Å². The van der Waals surface area contributed by atoms with Crippen molar-refractivity contribution in [3.05, 3.63) is 53.6 Å². The van der Waals surface area contributed by atoms with Gasteiger partial charge in [-0.25, -0.2) is 8.42 Å². The molecule has 1 N–H and O–H groups in total. The second-order valence-electron chi connectivity index (χ2n) is 6.92. The summed E-state index contributed by atoms with van der Waals surface area (Å²) in [5.74, 6) is -0.380. The maximum Gasteiger partial charge on any atom is 0.255 e. The van der Waals surface area contributed by atoms with E-state index in [0.29, 0.717) is 24.3 Å². The first kappa shape index (κ1) is 21.0. The molecule has 29 heavy (non-hydrogen) atoms. The van der Waals surface area contributed by atoms with Gasteiger partial charge in [0.1, 0.15) is 10.6 Å². The van der Waals surface area contributed by atoms with Gasteiger partial charge in [0.15, 0.2) is 5.78 Å². The Kier molecular flexibility index (Phi) is 6.34. The lowest BCUT2D eigenvalue weighted by Gasteiger charge is -2.26. The van der Waals surface area contributed by atoms with Crippen molar-refractivity contribution >= 4 is 27.4 Å². The van der Waals surface area contributed by atoms with Crippen molar-refractivity contribution < 1.29 is 22.7 Å². The van der Waals surface area contributed by atoms with Crippen molar-refractivity contribution in [2.75, 3.05) is 25.5 Å². The number of ether oxygens (including phenoxy) is 1. The van der Waals surface area contributed by atoms with E-state index in [1.54, 1.807) is 24.3 Å². The first-order valence-electron chi connectivity index (χ1n) is 9.43. The third-order valence-electron chi connectivity index (χ3n) is 4.89. The van der Waals surface area contributed by atoms with E-state index in [1.807, 2.05) is 0 Å². The van der Waals surface area contributed by atoms with E-state index in [-0.39, 0.29) is 22.0 Å². The first-order chi connectivity index (χ1) is 13.8. The number of piperidine rings is 1. The summed E-state index contributed by atoms with van der Waals surface area (Å²) in [4.78, 5) is 24.2. The molecule has 0 saturated carbocycles. The minimum Gasteiger partial charge on any atom is -0.495 e. The number of Topliss-reactive ketones (excluding diaryl/α,β-unsaturated/α-hetero) is 1. The molecule has 1 heterocycles. The molecule has 0 radical (unpaired) electrons. The van der Waals surface area contributed by atoms with Gasteiger partial charge < -0.3 is 10.1 Å². The average molecular weight is 416 g/mol. The van der Waals surface area contributed by atoms with Crippen LogP contribution in [0, 0.1) is 0 Å². The molecule has 7 nitrogen and oxygen atoms in total. The van der Waals surface area contributed by atoms with Gasteiger partial charge in [-0.3, -0.25) is 9.59 Å². The Morgan fingerprint density at radius 2 is 1.72 bits per heavy atom. The number of sulfonamides is 1. The largest absolute Gasteiger partial charge is 0.495 e. The van der Waals surface area contributed by atoms with Gasteiger partial charge in [-0.15, -0.1) is 0 Å². The number of rotatable bonds is 6. The topological polar surface area (TPSA) is 92.8 Å². The lowest BCUT2D eigenvalue weighted by Crippen LogP contribution is -2.35. The number of amides is 1. The molecule has 0 atom stereocenters. The predicted molar refractivity (Wildman–Crippen MR) is 110 cm³/mol. The smallest absolute Gasteiger partial charge is 0.255 e. The molecule has 2 aromatic carbocycles. The highest BCUT2D eigenvalue weighted by Crippen LogP contribution is 2.30. The summed E-state index contributed by atoms with van der Waals surface area (Å²) in [5, 5.41) is 2.71. The average Bonchev–Trinajstić information content (AvgIpc) is 2.74. The van der Waals surface area contributed by atoms with Crippen molar-refractivity contribution in [2.24, 2.45) is 0 Å². The predicted octanol–water partition coefficient (Wildman–Crippen LogP) is 3.32. The lowest BCUT2D eigenvalue weighted by atomic mass is 10.1. The minimum atomic E-state index is -3.77. The Hall–Kier alpha value is -2.71. The van der Waals surface area contributed by atoms with Crippen LogP contribution in [0.3, 0.4) is 0 Å². The minimum absolute atomic E-state index is 0.0213. The molecule has 1 aliphatic rings. The van der Waals surface area contributed by atoms with Gasteiger partial charge in [-0.05, 0) is 50.1 Å². The van der Waals surface area contributed by atoms with Gasteiger partial charge in [-0.1, -0.05) is 18.6 Å². The molecule has 1 saturated heterocycles. The van der Waals surface area contributed by atoms with Crippen LogP contribution in [0.25, 0.3) is 0 Å². The summed E-state index contributed by atoms with van der Waals surface area (Å²) in [7, 11) is -2.37. The Bertz CT molecular complexity index is 1030. The third kappa shape index (κ3) is 4.65. The molecule has 0 aromatic heterocycles. The SMILES string of the molecule is COc1ccc(C(=O)Nc2cccc(C(C)=O)c2)cc1S(=O)(=O)N1CCCCC1. The van der Waals surface area contributed by atoms with Gasteiger partial charge in [0.05, 0.1) is 7.11 Å². The Labute approximate surface area is 170 Å². The third-order valence-corrected chi connectivity index (χ3v) is 6.81. The van der Waals surface area contributed by atoms with Gasteiger partial charge >= 0.3 is 0 Å². The molecule has 1 fully saturated rings. The maximum absolute atomic E-state index is 13.1. The van der Waals surface area contributed by atoms with Crippen LogP contribution in [-0.2, 0) is 10.0 Å². The fourth-order valence-electron chi connectivity index (χ4n) is 3.28. The highest BCUT2D eigenvalue weighted by atomic mass is 32.2. The molecular formula is C21H24N2O5S. The number of hydrogen-bond acceptors (Lipinski definition) is 5. The zero-order chi connectivity index (χ0) is 21.0. The zero-order valence-corrected chi connectivity index (χ0v) is 17.3.